The van der Waals surface area contributed by atoms with E-state index < -0.39 is 17.7 Å². The lowest BCUT2D eigenvalue weighted by Gasteiger charge is -2.17. The average molecular weight is 284 g/mol. The quantitative estimate of drug-likeness (QED) is 0.828. The zero-order valence-corrected chi connectivity index (χ0v) is 11.2. The highest BCUT2D eigenvalue weighted by Crippen LogP contribution is 2.26. The SMILES string of the molecule is COCCNC(c1nccs1)c1cc(F)ccc1F. The van der Waals surface area contributed by atoms with E-state index in [9.17, 15) is 8.78 Å². The molecule has 1 heterocycles. The van der Waals surface area contributed by atoms with Gasteiger partial charge in [-0.15, -0.1) is 11.3 Å². The molecule has 1 aromatic heterocycles. The molecule has 0 saturated heterocycles. The second-order valence-electron chi connectivity index (χ2n) is 3.92. The Balaban J connectivity index is 2.28. The molecule has 0 saturated carbocycles. The summed E-state index contributed by atoms with van der Waals surface area (Å²) < 4.78 is 32.1. The van der Waals surface area contributed by atoms with E-state index in [1.165, 1.54) is 17.4 Å². The number of thiazole rings is 1. The average Bonchev–Trinajstić information content (AvgIpc) is 2.92. The number of hydrogen-bond donors (Lipinski definition) is 1. The van der Waals surface area contributed by atoms with Gasteiger partial charge < -0.3 is 10.1 Å². The van der Waals surface area contributed by atoms with Gasteiger partial charge in [0, 0.05) is 30.8 Å². The van der Waals surface area contributed by atoms with Crippen LogP contribution in [0.5, 0.6) is 0 Å². The molecule has 1 unspecified atom stereocenters. The maximum absolute atomic E-state index is 13.9. The summed E-state index contributed by atoms with van der Waals surface area (Å²) in [5.41, 5.74) is 0.256. The van der Waals surface area contributed by atoms with Gasteiger partial charge in [0.15, 0.2) is 0 Å². The standard InChI is InChI=1S/C13H14F2N2OS/c1-18-6-4-16-12(13-17-5-7-19-13)10-8-9(14)2-3-11(10)15/h2-3,5,7-8,12,16H,4,6H2,1H3. The number of benzene rings is 1. The summed E-state index contributed by atoms with van der Waals surface area (Å²) in [6.45, 7) is 1.01. The van der Waals surface area contributed by atoms with Crippen LogP contribution >= 0.6 is 11.3 Å². The van der Waals surface area contributed by atoms with Gasteiger partial charge in [0.05, 0.1) is 12.6 Å². The number of hydrogen-bond acceptors (Lipinski definition) is 4. The molecule has 1 N–H and O–H groups in total. The number of aromatic nitrogens is 1. The Labute approximate surface area is 114 Å². The Bertz CT molecular complexity index is 519. The van der Waals surface area contributed by atoms with Gasteiger partial charge in [0.25, 0.3) is 0 Å². The Morgan fingerprint density at radius 3 is 2.95 bits per heavy atom. The number of nitrogens with one attached hydrogen (secondary N) is 1. The van der Waals surface area contributed by atoms with Crippen molar-refractivity contribution in [1.82, 2.24) is 10.3 Å². The van der Waals surface area contributed by atoms with Crippen LogP contribution in [-0.4, -0.2) is 25.2 Å². The predicted molar refractivity (Wildman–Crippen MR) is 70.2 cm³/mol. The van der Waals surface area contributed by atoms with Crippen LogP contribution in [-0.2, 0) is 4.74 Å². The second-order valence-corrected chi connectivity index (χ2v) is 4.84. The zero-order chi connectivity index (χ0) is 13.7. The van der Waals surface area contributed by atoms with E-state index in [4.69, 9.17) is 4.74 Å². The van der Waals surface area contributed by atoms with Crippen LogP contribution in [0.1, 0.15) is 16.6 Å². The highest BCUT2D eigenvalue weighted by atomic mass is 32.1. The largest absolute Gasteiger partial charge is 0.383 e. The van der Waals surface area contributed by atoms with Gasteiger partial charge in [-0.1, -0.05) is 0 Å². The maximum atomic E-state index is 13.9. The summed E-state index contributed by atoms with van der Waals surface area (Å²) in [6.07, 6.45) is 1.64. The van der Waals surface area contributed by atoms with Crippen molar-refractivity contribution in [2.45, 2.75) is 6.04 Å². The van der Waals surface area contributed by atoms with Crippen molar-refractivity contribution >= 4 is 11.3 Å². The number of methoxy groups -OCH3 is 1. The lowest BCUT2D eigenvalue weighted by Crippen LogP contribution is -2.26. The lowest BCUT2D eigenvalue weighted by atomic mass is 10.1. The van der Waals surface area contributed by atoms with Crippen LogP contribution in [0.3, 0.4) is 0 Å². The Morgan fingerprint density at radius 1 is 1.42 bits per heavy atom. The monoisotopic (exact) mass is 284 g/mol. The van der Waals surface area contributed by atoms with Crippen LogP contribution in [0.4, 0.5) is 8.78 Å². The molecule has 1 atom stereocenters. The van der Waals surface area contributed by atoms with Crippen molar-refractivity contribution in [3.63, 3.8) is 0 Å². The third kappa shape index (κ3) is 3.56. The van der Waals surface area contributed by atoms with Crippen LogP contribution < -0.4 is 5.32 Å². The van der Waals surface area contributed by atoms with Gasteiger partial charge in [-0.3, -0.25) is 0 Å². The Hall–Kier alpha value is -1.37. The maximum Gasteiger partial charge on any atom is 0.128 e. The fraction of sp³-hybridized carbons (Fsp3) is 0.308. The van der Waals surface area contributed by atoms with Gasteiger partial charge in [0.2, 0.25) is 0 Å². The summed E-state index contributed by atoms with van der Waals surface area (Å²) >= 11 is 1.39. The highest BCUT2D eigenvalue weighted by molar-refractivity contribution is 7.09. The van der Waals surface area contributed by atoms with Crippen LogP contribution in [0.25, 0.3) is 0 Å². The molecule has 3 nitrogen and oxygen atoms in total. The normalized spacial score (nSPS) is 12.6. The van der Waals surface area contributed by atoms with E-state index in [2.05, 4.69) is 10.3 Å². The smallest absolute Gasteiger partial charge is 0.128 e. The molecular formula is C13H14F2N2OS. The molecule has 0 bridgehead atoms. The number of halogens is 2. The summed E-state index contributed by atoms with van der Waals surface area (Å²) in [5, 5.41) is 5.62. The summed E-state index contributed by atoms with van der Waals surface area (Å²) in [6, 6.07) is 2.96. The van der Waals surface area contributed by atoms with E-state index in [0.717, 1.165) is 12.1 Å². The zero-order valence-electron chi connectivity index (χ0n) is 10.4. The molecule has 2 aromatic rings. The summed E-state index contributed by atoms with van der Waals surface area (Å²) in [7, 11) is 1.59. The minimum atomic E-state index is -0.467. The van der Waals surface area contributed by atoms with E-state index in [0.29, 0.717) is 18.2 Å². The third-order valence-corrected chi connectivity index (χ3v) is 3.46. The minimum Gasteiger partial charge on any atom is -0.383 e. The summed E-state index contributed by atoms with van der Waals surface area (Å²) in [5.74, 6) is -0.919. The molecule has 1 aromatic carbocycles. The van der Waals surface area contributed by atoms with E-state index in [1.807, 2.05) is 0 Å². The molecule has 0 amide bonds. The highest BCUT2D eigenvalue weighted by Gasteiger charge is 2.20. The Kier molecular flexibility index (Phi) is 4.95. The van der Waals surface area contributed by atoms with Crippen molar-refractivity contribution in [2.75, 3.05) is 20.3 Å². The second kappa shape index (κ2) is 6.70. The molecule has 0 aliphatic rings. The molecule has 0 radical (unpaired) electrons. The van der Waals surface area contributed by atoms with Crippen molar-refractivity contribution in [3.8, 4) is 0 Å². The first kappa shape index (κ1) is 14.0. The van der Waals surface area contributed by atoms with Crippen molar-refractivity contribution in [2.24, 2.45) is 0 Å². The van der Waals surface area contributed by atoms with Crippen LogP contribution in [0, 0.1) is 11.6 Å². The van der Waals surface area contributed by atoms with Crippen molar-refractivity contribution in [3.05, 3.63) is 52.0 Å². The van der Waals surface area contributed by atoms with E-state index >= 15 is 0 Å². The summed E-state index contributed by atoms with van der Waals surface area (Å²) in [4.78, 5) is 4.17. The molecular weight excluding hydrogens is 270 g/mol. The van der Waals surface area contributed by atoms with Gasteiger partial charge in [-0.2, -0.15) is 0 Å². The van der Waals surface area contributed by atoms with Crippen LogP contribution in [0.2, 0.25) is 0 Å². The first-order chi connectivity index (χ1) is 9.22. The molecule has 0 fully saturated rings. The first-order valence-electron chi connectivity index (χ1n) is 5.79. The van der Waals surface area contributed by atoms with Gasteiger partial charge in [-0.25, -0.2) is 13.8 Å². The Morgan fingerprint density at radius 2 is 2.26 bits per heavy atom. The van der Waals surface area contributed by atoms with Gasteiger partial charge in [0.1, 0.15) is 16.6 Å². The van der Waals surface area contributed by atoms with Gasteiger partial charge in [-0.05, 0) is 18.2 Å². The molecule has 102 valence electrons. The fourth-order valence-corrected chi connectivity index (χ4v) is 2.48. The fourth-order valence-electron chi connectivity index (χ4n) is 1.75. The molecule has 0 aliphatic carbocycles. The molecule has 0 aliphatic heterocycles. The molecule has 19 heavy (non-hydrogen) atoms. The van der Waals surface area contributed by atoms with Crippen molar-refractivity contribution < 1.29 is 13.5 Å². The minimum absolute atomic E-state index is 0.256. The lowest BCUT2D eigenvalue weighted by molar-refractivity contribution is 0.197. The number of rotatable bonds is 6. The van der Waals surface area contributed by atoms with Crippen LogP contribution in [0.15, 0.2) is 29.8 Å². The molecule has 0 spiro atoms. The third-order valence-electron chi connectivity index (χ3n) is 2.62. The molecule has 6 heteroatoms. The predicted octanol–water partition coefficient (Wildman–Crippen LogP) is 2.75. The van der Waals surface area contributed by atoms with Crippen molar-refractivity contribution in [1.29, 1.82) is 0 Å². The van der Waals surface area contributed by atoms with E-state index in [1.54, 1.807) is 18.7 Å². The number of ether oxygens (including phenoxy) is 1. The first-order valence-corrected chi connectivity index (χ1v) is 6.67. The molecule has 2 rings (SSSR count). The topological polar surface area (TPSA) is 34.1 Å². The van der Waals surface area contributed by atoms with Gasteiger partial charge >= 0.3 is 0 Å². The van der Waals surface area contributed by atoms with E-state index in [-0.39, 0.29) is 5.56 Å². The number of nitrogens with zero attached hydrogens (tertiary/aromatic N) is 1.